The van der Waals surface area contributed by atoms with Crippen molar-refractivity contribution in [1.29, 1.82) is 0 Å². The smallest absolute Gasteiger partial charge is 0.331 e. The van der Waals surface area contributed by atoms with Gasteiger partial charge in [-0.15, -0.1) is 0 Å². The highest BCUT2D eigenvalue weighted by Gasteiger charge is 2.47. The molecule has 1 aliphatic heterocycles. The second kappa shape index (κ2) is 5.02. The number of hydrogen-bond donors (Lipinski definition) is 2. The number of rotatable bonds is 6. The number of aliphatic carboxylic acids is 1. The van der Waals surface area contributed by atoms with Gasteiger partial charge in [-0.2, -0.15) is 0 Å². The lowest BCUT2D eigenvalue weighted by Crippen LogP contribution is -2.54. The summed E-state index contributed by atoms with van der Waals surface area (Å²) in [5.74, 6) is -1.41. The van der Waals surface area contributed by atoms with Crippen LogP contribution in [-0.4, -0.2) is 35.2 Å². The standard InChI is InChI=1S/C10H15NO4/c12-7-2-1-4-8(13)10(9(14)15)5-3-6-11-10/h7,11H,1-6H2,(H,14,15). The first-order chi connectivity index (χ1) is 7.13. The van der Waals surface area contributed by atoms with Gasteiger partial charge in [-0.3, -0.25) is 10.1 Å². The maximum Gasteiger partial charge on any atom is 0.331 e. The van der Waals surface area contributed by atoms with Crippen molar-refractivity contribution in [2.75, 3.05) is 6.54 Å². The first kappa shape index (κ1) is 11.8. The van der Waals surface area contributed by atoms with Gasteiger partial charge in [-0.1, -0.05) is 0 Å². The van der Waals surface area contributed by atoms with E-state index >= 15 is 0 Å². The second-order valence-corrected chi connectivity index (χ2v) is 3.72. The van der Waals surface area contributed by atoms with Crippen LogP contribution in [0.2, 0.25) is 0 Å². The SMILES string of the molecule is O=CCCCC(=O)C1(C(=O)O)CCCN1. The van der Waals surface area contributed by atoms with Crippen LogP contribution in [0.3, 0.4) is 0 Å². The molecule has 5 heteroatoms. The lowest BCUT2D eigenvalue weighted by atomic mass is 9.89. The molecule has 15 heavy (non-hydrogen) atoms. The Morgan fingerprint density at radius 3 is 2.67 bits per heavy atom. The number of hydrogen-bond acceptors (Lipinski definition) is 4. The normalized spacial score (nSPS) is 25.1. The van der Waals surface area contributed by atoms with Gasteiger partial charge in [0.25, 0.3) is 0 Å². The van der Waals surface area contributed by atoms with Crippen LogP contribution in [0.5, 0.6) is 0 Å². The third-order valence-corrected chi connectivity index (χ3v) is 2.72. The lowest BCUT2D eigenvalue weighted by molar-refractivity contribution is -0.149. The predicted molar refractivity (Wildman–Crippen MR) is 52.5 cm³/mol. The molecule has 0 aliphatic carbocycles. The summed E-state index contributed by atoms with van der Waals surface area (Å²) in [6.45, 7) is 0.561. The number of Topliss-reactive ketones (excluding diaryl/α,β-unsaturated/α-hetero) is 1. The number of carboxylic acids is 1. The Labute approximate surface area is 87.8 Å². The maximum atomic E-state index is 11.7. The van der Waals surface area contributed by atoms with Crippen LogP contribution in [0, 0.1) is 0 Å². The summed E-state index contributed by atoms with van der Waals surface area (Å²) in [6.07, 6.45) is 2.68. The van der Waals surface area contributed by atoms with Crippen molar-refractivity contribution in [1.82, 2.24) is 5.32 Å². The first-order valence-corrected chi connectivity index (χ1v) is 5.09. The molecule has 0 bridgehead atoms. The van der Waals surface area contributed by atoms with Crippen LogP contribution in [0.15, 0.2) is 0 Å². The Balaban J connectivity index is 2.60. The van der Waals surface area contributed by atoms with Gasteiger partial charge in [0.05, 0.1) is 0 Å². The van der Waals surface area contributed by atoms with E-state index in [0.717, 1.165) is 6.29 Å². The van der Waals surface area contributed by atoms with Crippen LogP contribution in [0.25, 0.3) is 0 Å². The Morgan fingerprint density at radius 1 is 1.47 bits per heavy atom. The van der Waals surface area contributed by atoms with E-state index in [1.807, 2.05) is 0 Å². The van der Waals surface area contributed by atoms with Crippen molar-refractivity contribution in [3.63, 3.8) is 0 Å². The summed E-state index contributed by atoms with van der Waals surface area (Å²) in [6, 6.07) is 0. The Bertz CT molecular complexity index is 269. The molecule has 5 nitrogen and oxygen atoms in total. The molecule has 2 N–H and O–H groups in total. The van der Waals surface area contributed by atoms with Crippen molar-refractivity contribution >= 4 is 18.0 Å². The molecule has 1 heterocycles. The number of carbonyl (C=O) groups excluding carboxylic acids is 2. The first-order valence-electron chi connectivity index (χ1n) is 5.09. The molecule has 0 radical (unpaired) electrons. The summed E-state index contributed by atoms with van der Waals surface area (Å²) in [5, 5.41) is 11.8. The van der Waals surface area contributed by atoms with E-state index < -0.39 is 11.5 Å². The van der Waals surface area contributed by atoms with Gasteiger partial charge >= 0.3 is 5.97 Å². The average Bonchev–Trinajstić information content (AvgIpc) is 2.67. The Kier molecular flexibility index (Phi) is 3.96. The quantitative estimate of drug-likeness (QED) is 0.372. The Hall–Kier alpha value is -1.23. The molecule has 84 valence electrons. The minimum atomic E-state index is -1.39. The van der Waals surface area contributed by atoms with Crippen LogP contribution in [0.1, 0.15) is 32.1 Å². The molecule has 1 unspecified atom stereocenters. The monoisotopic (exact) mass is 213 g/mol. The molecule has 1 fully saturated rings. The fourth-order valence-electron chi connectivity index (χ4n) is 1.84. The van der Waals surface area contributed by atoms with Crippen LogP contribution >= 0.6 is 0 Å². The second-order valence-electron chi connectivity index (χ2n) is 3.72. The number of nitrogens with one attached hydrogen (secondary N) is 1. The van der Waals surface area contributed by atoms with Crippen molar-refractivity contribution in [3.05, 3.63) is 0 Å². The van der Waals surface area contributed by atoms with Gasteiger partial charge < -0.3 is 9.90 Å². The fraction of sp³-hybridized carbons (Fsp3) is 0.700. The zero-order chi connectivity index (χ0) is 11.3. The van der Waals surface area contributed by atoms with Crippen LogP contribution in [-0.2, 0) is 14.4 Å². The predicted octanol–water partition coefficient (Wildman–Crippen LogP) is 0.131. The lowest BCUT2D eigenvalue weighted by Gasteiger charge is -2.22. The molecule has 1 saturated heterocycles. The third-order valence-electron chi connectivity index (χ3n) is 2.72. The molecule has 0 spiro atoms. The highest BCUT2D eigenvalue weighted by Crippen LogP contribution is 2.23. The molecule has 1 atom stereocenters. The number of ketones is 1. The summed E-state index contributed by atoms with van der Waals surface area (Å²) in [4.78, 5) is 32.8. The molecular weight excluding hydrogens is 198 g/mol. The molecule has 0 aromatic heterocycles. The summed E-state index contributed by atoms with van der Waals surface area (Å²) in [5.41, 5.74) is -1.39. The molecular formula is C10H15NO4. The molecule has 0 amide bonds. The zero-order valence-corrected chi connectivity index (χ0v) is 8.49. The minimum Gasteiger partial charge on any atom is -0.480 e. The van der Waals surface area contributed by atoms with E-state index in [1.165, 1.54) is 0 Å². The topological polar surface area (TPSA) is 83.5 Å². The van der Waals surface area contributed by atoms with Crippen LogP contribution < -0.4 is 5.32 Å². The number of carbonyl (C=O) groups is 3. The largest absolute Gasteiger partial charge is 0.480 e. The Morgan fingerprint density at radius 2 is 2.20 bits per heavy atom. The summed E-state index contributed by atoms with van der Waals surface area (Å²) in [7, 11) is 0. The summed E-state index contributed by atoms with van der Waals surface area (Å²) < 4.78 is 0. The van der Waals surface area contributed by atoms with E-state index in [-0.39, 0.29) is 12.2 Å². The molecule has 0 aromatic rings. The van der Waals surface area contributed by atoms with Gasteiger partial charge in [0.15, 0.2) is 11.3 Å². The van der Waals surface area contributed by atoms with Gasteiger partial charge in [-0.25, -0.2) is 4.79 Å². The van der Waals surface area contributed by atoms with Crippen molar-refractivity contribution in [2.45, 2.75) is 37.6 Å². The van der Waals surface area contributed by atoms with E-state index in [4.69, 9.17) is 5.11 Å². The minimum absolute atomic E-state index is 0.151. The highest BCUT2D eigenvalue weighted by molar-refractivity contribution is 6.08. The molecule has 1 rings (SSSR count). The average molecular weight is 213 g/mol. The van der Waals surface area contributed by atoms with E-state index in [2.05, 4.69) is 5.32 Å². The number of unbranched alkanes of at least 4 members (excludes halogenated alkanes) is 1. The van der Waals surface area contributed by atoms with Crippen molar-refractivity contribution < 1.29 is 19.5 Å². The highest BCUT2D eigenvalue weighted by atomic mass is 16.4. The molecule has 0 saturated carbocycles. The number of carboxylic acid groups (broad SMARTS) is 1. The van der Waals surface area contributed by atoms with Crippen molar-refractivity contribution in [2.24, 2.45) is 0 Å². The molecule has 1 aliphatic rings. The van der Waals surface area contributed by atoms with Gasteiger partial charge in [0.1, 0.15) is 6.29 Å². The zero-order valence-electron chi connectivity index (χ0n) is 8.49. The van der Waals surface area contributed by atoms with E-state index in [1.54, 1.807) is 0 Å². The van der Waals surface area contributed by atoms with E-state index in [0.29, 0.717) is 32.2 Å². The van der Waals surface area contributed by atoms with Gasteiger partial charge in [-0.05, 0) is 25.8 Å². The number of aldehydes is 1. The molecule has 0 aromatic carbocycles. The van der Waals surface area contributed by atoms with Gasteiger partial charge in [0.2, 0.25) is 0 Å². The van der Waals surface area contributed by atoms with E-state index in [9.17, 15) is 14.4 Å². The fourth-order valence-corrected chi connectivity index (χ4v) is 1.84. The third kappa shape index (κ3) is 2.41. The summed E-state index contributed by atoms with van der Waals surface area (Å²) >= 11 is 0. The van der Waals surface area contributed by atoms with Crippen molar-refractivity contribution in [3.8, 4) is 0 Å². The maximum absolute atomic E-state index is 11.7. The van der Waals surface area contributed by atoms with Crippen LogP contribution in [0.4, 0.5) is 0 Å². The van der Waals surface area contributed by atoms with Gasteiger partial charge in [0, 0.05) is 12.8 Å².